The molecule has 18 heavy (non-hydrogen) atoms. The molecule has 1 saturated carbocycles. The van der Waals surface area contributed by atoms with E-state index >= 15 is 0 Å². The second kappa shape index (κ2) is 6.38. The summed E-state index contributed by atoms with van der Waals surface area (Å²) in [5.41, 5.74) is -0.00689. The number of carbonyl (C=O) groups is 1. The highest BCUT2D eigenvalue weighted by Crippen LogP contribution is 2.34. The standard InChI is InChI=1S/C14H24BrNO2/c1-11-3-2-6-14(9-11,10-15)16-13(17)12-4-7-18-8-5-12/h11-12H,2-10H2,1H3,(H,16,17). The van der Waals surface area contributed by atoms with Gasteiger partial charge in [-0.05, 0) is 31.6 Å². The van der Waals surface area contributed by atoms with Crippen molar-refractivity contribution >= 4 is 21.8 Å². The molecular formula is C14H24BrNO2. The fourth-order valence-corrected chi connectivity index (χ4v) is 3.90. The molecule has 3 nitrogen and oxygen atoms in total. The van der Waals surface area contributed by atoms with Gasteiger partial charge in [0, 0.05) is 30.0 Å². The van der Waals surface area contributed by atoms with E-state index in [1.807, 2.05) is 0 Å². The Bertz CT molecular complexity index is 292. The largest absolute Gasteiger partial charge is 0.381 e. The Morgan fingerprint density at radius 1 is 1.39 bits per heavy atom. The molecule has 2 unspecified atom stereocenters. The molecule has 0 spiro atoms. The SMILES string of the molecule is CC1CCCC(CBr)(NC(=O)C2CCOCC2)C1. The Morgan fingerprint density at radius 3 is 2.72 bits per heavy atom. The van der Waals surface area contributed by atoms with Gasteiger partial charge in [-0.15, -0.1) is 0 Å². The summed E-state index contributed by atoms with van der Waals surface area (Å²) < 4.78 is 5.32. The van der Waals surface area contributed by atoms with E-state index in [2.05, 4.69) is 28.2 Å². The van der Waals surface area contributed by atoms with Gasteiger partial charge in [-0.2, -0.15) is 0 Å². The van der Waals surface area contributed by atoms with Gasteiger partial charge in [-0.1, -0.05) is 35.7 Å². The summed E-state index contributed by atoms with van der Waals surface area (Å²) in [7, 11) is 0. The molecule has 2 fully saturated rings. The molecule has 104 valence electrons. The number of ether oxygens (including phenoxy) is 1. The quantitative estimate of drug-likeness (QED) is 0.813. The lowest BCUT2D eigenvalue weighted by Crippen LogP contribution is -2.54. The first-order valence-electron chi connectivity index (χ1n) is 7.11. The molecule has 4 heteroatoms. The molecule has 1 aliphatic carbocycles. The Morgan fingerprint density at radius 2 is 2.11 bits per heavy atom. The summed E-state index contributed by atoms with van der Waals surface area (Å²) in [5, 5.41) is 4.22. The molecule has 2 aliphatic rings. The molecule has 1 aliphatic heterocycles. The third kappa shape index (κ3) is 3.47. The maximum Gasteiger partial charge on any atom is 0.223 e. The third-order valence-electron chi connectivity index (χ3n) is 4.33. The molecule has 1 heterocycles. The van der Waals surface area contributed by atoms with E-state index in [4.69, 9.17) is 4.74 Å². The molecule has 0 aromatic rings. The molecule has 0 bridgehead atoms. The summed E-state index contributed by atoms with van der Waals surface area (Å²) in [5.74, 6) is 1.12. The first-order valence-corrected chi connectivity index (χ1v) is 8.23. The van der Waals surface area contributed by atoms with Gasteiger partial charge in [0.15, 0.2) is 0 Å². The van der Waals surface area contributed by atoms with Gasteiger partial charge in [0.2, 0.25) is 5.91 Å². The fourth-order valence-electron chi connectivity index (χ4n) is 3.25. The average Bonchev–Trinajstić information content (AvgIpc) is 2.39. The highest BCUT2D eigenvalue weighted by molar-refractivity contribution is 9.09. The lowest BCUT2D eigenvalue weighted by atomic mass is 9.77. The number of carbonyl (C=O) groups excluding carboxylic acids is 1. The first kappa shape index (κ1) is 14.3. The average molecular weight is 318 g/mol. The Balaban J connectivity index is 1.94. The molecule has 1 N–H and O–H groups in total. The van der Waals surface area contributed by atoms with Crippen LogP contribution in [0.1, 0.15) is 45.4 Å². The van der Waals surface area contributed by atoms with Crippen LogP contribution in [0.15, 0.2) is 0 Å². The number of amides is 1. The van der Waals surface area contributed by atoms with Gasteiger partial charge < -0.3 is 10.1 Å². The van der Waals surface area contributed by atoms with Crippen LogP contribution >= 0.6 is 15.9 Å². The molecule has 0 radical (unpaired) electrons. The van der Waals surface area contributed by atoms with Crippen molar-refractivity contribution in [2.45, 2.75) is 51.0 Å². The topological polar surface area (TPSA) is 38.3 Å². The van der Waals surface area contributed by atoms with Crippen molar-refractivity contribution in [3.8, 4) is 0 Å². The highest BCUT2D eigenvalue weighted by atomic mass is 79.9. The van der Waals surface area contributed by atoms with Gasteiger partial charge in [-0.25, -0.2) is 0 Å². The first-order chi connectivity index (χ1) is 8.65. The molecule has 2 atom stereocenters. The third-order valence-corrected chi connectivity index (χ3v) is 5.40. The van der Waals surface area contributed by atoms with E-state index < -0.39 is 0 Å². The maximum absolute atomic E-state index is 12.3. The van der Waals surface area contributed by atoms with Gasteiger partial charge >= 0.3 is 0 Å². The van der Waals surface area contributed by atoms with Crippen LogP contribution in [0, 0.1) is 11.8 Å². The van der Waals surface area contributed by atoms with Crippen molar-refractivity contribution in [1.82, 2.24) is 5.32 Å². The lowest BCUT2D eigenvalue weighted by molar-refractivity contribution is -0.130. The number of nitrogens with one attached hydrogen (secondary N) is 1. The lowest BCUT2D eigenvalue weighted by Gasteiger charge is -2.40. The van der Waals surface area contributed by atoms with E-state index in [-0.39, 0.29) is 17.4 Å². The van der Waals surface area contributed by atoms with Crippen molar-refractivity contribution in [2.75, 3.05) is 18.5 Å². The predicted octanol–water partition coefficient (Wildman–Crippen LogP) is 2.87. The smallest absolute Gasteiger partial charge is 0.223 e. The van der Waals surface area contributed by atoms with Crippen molar-refractivity contribution in [2.24, 2.45) is 11.8 Å². The van der Waals surface area contributed by atoms with Gasteiger partial charge in [0.25, 0.3) is 0 Å². The monoisotopic (exact) mass is 317 g/mol. The van der Waals surface area contributed by atoms with Crippen LogP contribution in [-0.2, 0) is 9.53 Å². The second-order valence-electron chi connectivity index (χ2n) is 5.99. The zero-order valence-electron chi connectivity index (χ0n) is 11.2. The summed E-state index contributed by atoms with van der Waals surface area (Å²) in [6.07, 6.45) is 6.48. The number of hydrogen-bond acceptors (Lipinski definition) is 2. The fraction of sp³-hybridized carbons (Fsp3) is 0.929. The van der Waals surface area contributed by atoms with E-state index in [1.54, 1.807) is 0 Å². The number of alkyl halides is 1. The summed E-state index contributed by atoms with van der Waals surface area (Å²) in [6, 6.07) is 0. The normalized spacial score (nSPS) is 34.2. The van der Waals surface area contributed by atoms with E-state index in [9.17, 15) is 4.79 Å². The van der Waals surface area contributed by atoms with Crippen LogP contribution in [-0.4, -0.2) is 30.0 Å². The summed E-state index contributed by atoms with van der Waals surface area (Å²) in [6.45, 7) is 3.75. The van der Waals surface area contributed by atoms with Gasteiger partial charge in [0.05, 0.1) is 0 Å². The number of rotatable bonds is 3. The highest BCUT2D eigenvalue weighted by Gasteiger charge is 2.37. The zero-order valence-corrected chi connectivity index (χ0v) is 12.8. The Kier molecular flexibility index (Phi) is 5.07. The van der Waals surface area contributed by atoms with Crippen molar-refractivity contribution < 1.29 is 9.53 Å². The molecule has 1 saturated heterocycles. The van der Waals surface area contributed by atoms with Crippen LogP contribution in [0.25, 0.3) is 0 Å². The van der Waals surface area contributed by atoms with E-state index in [1.165, 1.54) is 12.8 Å². The molecule has 1 amide bonds. The molecular weight excluding hydrogens is 294 g/mol. The second-order valence-corrected chi connectivity index (χ2v) is 6.55. The minimum atomic E-state index is -0.00689. The molecule has 0 aromatic carbocycles. The number of halogens is 1. The van der Waals surface area contributed by atoms with Gasteiger partial charge in [0.1, 0.15) is 0 Å². The van der Waals surface area contributed by atoms with Crippen LogP contribution in [0.3, 0.4) is 0 Å². The number of hydrogen-bond donors (Lipinski definition) is 1. The van der Waals surface area contributed by atoms with E-state index in [0.29, 0.717) is 5.92 Å². The Labute approximate surface area is 118 Å². The van der Waals surface area contributed by atoms with Gasteiger partial charge in [-0.3, -0.25) is 4.79 Å². The summed E-state index contributed by atoms with van der Waals surface area (Å²) >= 11 is 3.61. The van der Waals surface area contributed by atoms with Crippen molar-refractivity contribution in [3.63, 3.8) is 0 Å². The van der Waals surface area contributed by atoms with E-state index in [0.717, 1.165) is 44.2 Å². The minimum absolute atomic E-state index is 0.00689. The minimum Gasteiger partial charge on any atom is -0.381 e. The summed E-state index contributed by atoms with van der Waals surface area (Å²) in [4.78, 5) is 12.3. The van der Waals surface area contributed by atoms with Crippen LogP contribution in [0.2, 0.25) is 0 Å². The molecule has 2 rings (SSSR count). The predicted molar refractivity (Wildman–Crippen MR) is 75.8 cm³/mol. The Hall–Kier alpha value is -0.0900. The van der Waals surface area contributed by atoms with Crippen LogP contribution in [0.4, 0.5) is 0 Å². The maximum atomic E-state index is 12.3. The van der Waals surface area contributed by atoms with Crippen molar-refractivity contribution in [1.29, 1.82) is 0 Å². The van der Waals surface area contributed by atoms with Crippen LogP contribution in [0.5, 0.6) is 0 Å². The molecule has 0 aromatic heterocycles. The van der Waals surface area contributed by atoms with Crippen molar-refractivity contribution in [3.05, 3.63) is 0 Å². The zero-order chi connectivity index (χ0) is 13.0. The van der Waals surface area contributed by atoms with Crippen LogP contribution < -0.4 is 5.32 Å².